The summed E-state index contributed by atoms with van der Waals surface area (Å²) in [4.78, 5) is 15.9. The van der Waals surface area contributed by atoms with Crippen molar-refractivity contribution in [3.8, 4) is 11.4 Å². The maximum atomic E-state index is 13.3. The third kappa shape index (κ3) is 2.76. The van der Waals surface area contributed by atoms with Crippen molar-refractivity contribution in [3.05, 3.63) is 35.5 Å². The van der Waals surface area contributed by atoms with E-state index >= 15 is 0 Å². The molecule has 0 spiro atoms. The fourth-order valence-electron chi connectivity index (χ4n) is 2.23. The molecule has 0 saturated carbocycles. The van der Waals surface area contributed by atoms with Crippen LogP contribution in [0.1, 0.15) is 38.1 Å². The van der Waals surface area contributed by atoms with Gasteiger partial charge in [-0.2, -0.15) is 4.98 Å². The van der Waals surface area contributed by atoms with E-state index in [1.807, 2.05) is 20.8 Å². The SMILES string of the molecule is CC(=O)C(c1nc(-c2cc(F)ccc2C)no1)C(C)C. The second-order valence-corrected chi connectivity index (χ2v) is 5.25. The van der Waals surface area contributed by atoms with Crippen molar-refractivity contribution >= 4 is 5.78 Å². The molecule has 0 aliphatic carbocycles. The van der Waals surface area contributed by atoms with Crippen LogP contribution in [-0.2, 0) is 4.79 Å². The fourth-order valence-corrected chi connectivity index (χ4v) is 2.23. The van der Waals surface area contributed by atoms with Gasteiger partial charge in [0.15, 0.2) is 0 Å². The molecule has 2 aromatic rings. The highest BCUT2D eigenvalue weighted by Gasteiger charge is 2.27. The Hall–Kier alpha value is -2.04. The first-order chi connectivity index (χ1) is 9.40. The lowest BCUT2D eigenvalue weighted by Crippen LogP contribution is -2.15. The van der Waals surface area contributed by atoms with Gasteiger partial charge in [-0.05, 0) is 37.5 Å². The maximum Gasteiger partial charge on any atom is 0.237 e. The van der Waals surface area contributed by atoms with Crippen molar-refractivity contribution in [1.29, 1.82) is 0 Å². The number of hydrogen-bond donors (Lipinski definition) is 0. The summed E-state index contributed by atoms with van der Waals surface area (Å²) in [7, 11) is 0. The number of carbonyl (C=O) groups excluding carboxylic acids is 1. The lowest BCUT2D eigenvalue weighted by molar-refractivity contribution is -0.119. The largest absolute Gasteiger partial charge is 0.338 e. The number of aromatic nitrogens is 2. The number of Topliss-reactive ketones (excluding diaryl/α,β-unsaturated/α-hetero) is 1. The van der Waals surface area contributed by atoms with Crippen molar-refractivity contribution in [2.24, 2.45) is 5.92 Å². The minimum absolute atomic E-state index is 0.0221. The van der Waals surface area contributed by atoms with E-state index in [9.17, 15) is 9.18 Å². The molecule has 1 aromatic carbocycles. The number of halogens is 1. The zero-order valence-corrected chi connectivity index (χ0v) is 12.0. The van der Waals surface area contributed by atoms with Crippen LogP contribution in [0.3, 0.4) is 0 Å². The number of benzene rings is 1. The van der Waals surface area contributed by atoms with Crippen LogP contribution in [0, 0.1) is 18.7 Å². The summed E-state index contributed by atoms with van der Waals surface area (Å²) in [5, 5.41) is 3.87. The van der Waals surface area contributed by atoms with E-state index in [1.54, 1.807) is 6.07 Å². The van der Waals surface area contributed by atoms with Crippen molar-refractivity contribution in [3.63, 3.8) is 0 Å². The van der Waals surface area contributed by atoms with Crippen molar-refractivity contribution < 1.29 is 13.7 Å². The summed E-state index contributed by atoms with van der Waals surface area (Å²) in [6, 6.07) is 4.40. The van der Waals surface area contributed by atoms with Crippen LogP contribution in [0.15, 0.2) is 22.7 Å². The molecule has 0 amide bonds. The van der Waals surface area contributed by atoms with E-state index in [0.717, 1.165) is 5.56 Å². The Morgan fingerprint density at radius 2 is 2.05 bits per heavy atom. The van der Waals surface area contributed by atoms with Crippen LogP contribution in [-0.4, -0.2) is 15.9 Å². The second-order valence-electron chi connectivity index (χ2n) is 5.25. The zero-order valence-electron chi connectivity index (χ0n) is 12.0. The quantitative estimate of drug-likeness (QED) is 0.857. The first-order valence-electron chi connectivity index (χ1n) is 6.50. The molecule has 5 heteroatoms. The average molecular weight is 276 g/mol. The molecule has 0 N–H and O–H groups in total. The molecule has 106 valence electrons. The third-order valence-corrected chi connectivity index (χ3v) is 3.25. The summed E-state index contributed by atoms with van der Waals surface area (Å²) >= 11 is 0. The molecule has 4 nitrogen and oxygen atoms in total. The lowest BCUT2D eigenvalue weighted by Gasteiger charge is -2.12. The predicted octanol–water partition coefficient (Wildman–Crippen LogP) is 3.51. The van der Waals surface area contributed by atoms with Crippen molar-refractivity contribution in [2.75, 3.05) is 0 Å². The first kappa shape index (κ1) is 14.4. The molecule has 0 aliphatic heterocycles. The second kappa shape index (κ2) is 5.53. The van der Waals surface area contributed by atoms with Crippen molar-refractivity contribution in [1.82, 2.24) is 10.1 Å². The summed E-state index contributed by atoms with van der Waals surface area (Å²) in [6.45, 7) is 7.18. The molecular formula is C15H17FN2O2. The summed E-state index contributed by atoms with van der Waals surface area (Å²) < 4.78 is 18.5. The highest BCUT2D eigenvalue weighted by Crippen LogP contribution is 2.27. The van der Waals surface area contributed by atoms with Crippen LogP contribution in [0.2, 0.25) is 0 Å². The van der Waals surface area contributed by atoms with Crippen LogP contribution >= 0.6 is 0 Å². The normalized spacial score (nSPS) is 12.7. The van der Waals surface area contributed by atoms with Crippen LogP contribution < -0.4 is 0 Å². The van der Waals surface area contributed by atoms with Gasteiger partial charge < -0.3 is 4.52 Å². The topological polar surface area (TPSA) is 56.0 Å². The van der Waals surface area contributed by atoms with Gasteiger partial charge in [0, 0.05) is 5.56 Å². The van der Waals surface area contributed by atoms with E-state index in [1.165, 1.54) is 19.1 Å². The molecule has 2 rings (SSSR count). The Balaban J connectivity index is 2.42. The summed E-state index contributed by atoms with van der Waals surface area (Å²) in [5.74, 6) is -0.148. The lowest BCUT2D eigenvalue weighted by atomic mass is 9.92. The smallest absolute Gasteiger partial charge is 0.237 e. The Bertz CT molecular complexity index is 635. The van der Waals surface area contributed by atoms with E-state index in [0.29, 0.717) is 11.4 Å². The summed E-state index contributed by atoms with van der Waals surface area (Å²) in [6.07, 6.45) is 0. The predicted molar refractivity (Wildman–Crippen MR) is 72.7 cm³/mol. The highest BCUT2D eigenvalue weighted by molar-refractivity contribution is 5.82. The minimum atomic E-state index is -0.426. The van der Waals surface area contributed by atoms with Crippen LogP contribution in [0.4, 0.5) is 4.39 Å². The molecule has 20 heavy (non-hydrogen) atoms. The van der Waals surface area contributed by atoms with Gasteiger partial charge in [-0.15, -0.1) is 0 Å². The molecule has 0 aliphatic rings. The molecule has 1 unspecified atom stereocenters. The first-order valence-corrected chi connectivity index (χ1v) is 6.50. The molecule has 0 radical (unpaired) electrons. The van der Waals surface area contributed by atoms with E-state index in [-0.39, 0.29) is 23.4 Å². The number of hydrogen-bond acceptors (Lipinski definition) is 4. The molecular weight excluding hydrogens is 259 g/mol. The molecule has 1 heterocycles. The number of ketones is 1. The van der Waals surface area contributed by atoms with Gasteiger partial charge in [0.05, 0.1) is 5.92 Å². The van der Waals surface area contributed by atoms with Gasteiger partial charge in [0.1, 0.15) is 11.6 Å². The number of nitrogens with zero attached hydrogens (tertiary/aromatic N) is 2. The standard InChI is InChI=1S/C15H17FN2O2/c1-8(2)13(10(4)19)15-17-14(18-20-15)12-7-11(16)6-5-9(12)3/h5-8,13H,1-4H3. The Kier molecular flexibility index (Phi) is 3.97. The zero-order chi connectivity index (χ0) is 14.9. The van der Waals surface area contributed by atoms with Gasteiger partial charge in [-0.3, -0.25) is 4.79 Å². The number of aryl methyl sites for hydroxylation is 1. The maximum absolute atomic E-state index is 13.3. The van der Waals surface area contributed by atoms with E-state index in [4.69, 9.17) is 4.52 Å². The Morgan fingerprint density at radius 1 is 1.35 bits per heavy atom. The highest BCUT2D eigenvalue weighted by atomic mass is 19.1. The molecule has 1 aromatic heterocycles. The van der Waals surface area contributed by atoms with Gasteiger partial charge in [0.25, 0.3) is 0 Å². The van der Waals surface area contributed by atoms with Crippen LogP contribution in [0.5, 0.6) is 0 Å². The Labute approximate surface area is 117 Å². The van der Waals surface area contributed by atoms with Crippen LogP contribution in [0.25, 0.3) is 11.4 Å². The minimum Gasteiger partial charge on any atom is -0.338 e. The fraction of sp³-hybridized carbons (Fsp3) is 0.400. The summed E-state index contributed by atoms with van der Waals surface area (Å²) in [5.41, 5.74) is 1.42. The number of rotatable bonds is 4. The Morgan fingerprint density at radius 3 is 2.65 bits per heavy atom. The molecule has 0 fully saturated rings. The molecule has 0 saturated heterocycles. The third-order valence-electron chi connectivity index (χ3n) is 3.25. The average Bonchev–Trinajstić information content (AvgIpc) is 2.80. The van der Waals surface area contributed by atoms with Gasteiger partial charge >= 0.3 is 0 Å². The molecule has 1 atom stereocenters. The van der Waals surface area contributed by atoms with Gasteiger partial charge in [0.2, 0.25) is 11.7 Å². The van der Waals surface area contributed by atoms with E-state index in [2.05, 4.69) is 10.1 Å². The monoisotopic (exact) mass is 276 g/mol. The van der Waals surface area contributed by atoms with Gasteiger partial charge in [-0.1, -0.05) is 25.1 Å². The van der Waals surface area contributed by atoms with Crippen molar-refractivity contribution in [2.45, 2.75) is 33.6 Å². The molecule has 0 bridgehead atoms. The number of carbonyl (C=O) groups is 1. The van der Waals surface area contributed by atoms with Gasteiger partial charge in [-0.25, -0.2) is 4.39 Å². The van der Waals surface area contributed by atoms with E-state index < -0.39 is 5.92 Å².